The average Bonchev–Trinajstić information content (AvgIpc) is 2.98. The van der Waals surface area contributed by atoms with Gasteiger partial charge in [-0.15, -0.1) is 0 Å². The van der Waals surface area contributed by atoms with Crippen molar-refractivity contribution in [2.75, 3.05) is 0 Å². The monoisotopic (exact) mass is 335 g/mol. The summed E-state index contributed by atoms with van der Waals surface area (Å²) in [6.07, 6.45) is 2.21. The fourth-order valence-corrected chi connectivity index (χ4v) is 3.11. The highest BCUT2D eigenvalue weighted by atomic mass is 16.1. The van der Waals surface area contributed by atoms with Crippen LogP contribution in [0.3, 0.4) is 0 Å². The van der Waals surface area contributed by atoms with E-state index in [9.17, 15) is 4.79 Å². The van der Waals surface area contributed by atoms with E-state index in [1.165, 1.54) is 0 Å². The Morgan fingerprint density at radius 2 is 2.00 bits per heavy atom. The first-order valence-electron chi connectivity index (χ1n) is 8.93. The van der Waals surface area contributed by atoms with Crippen LogP contribution in [0.15, 0.2) is 48.5 Å². The summed E-state index contributed by atoms with van der Waals surface area (Å²) in [6, 6.07) is 15.6. The molecule has 0 radical (unpaired) electrons. The lowest BCUT2D eigenvalue weighted by Gasteiger charge is -2.16. The van der Waals surface area contributed by atoms with Crippen molar-refractivity contribution in [3.8, 4) is 0 Å². The number of nitrogens with zero attached hydrogens (tertiary/aromatic N) is 2. The summed E-state index contributed by atoms with van der Waals surface area (Å²) in [7, 11) is 0. The lowest BCUT2D eigenvalue weighted by Crippen LogP contribution is -2.28. The molecule has 1 aromatic heterocycles. The van der Waals surface area contributed by atoms with Crippen LogP contribution in [0.25, 0.3) is 11.0 Å². The molecule has 0 aliphatic rings. The van der Waals surface area contributed by atoms with Crippen molar-refractivity contribution in [2.24, 2.45) is 0 Å². The number of hydrogen-bond donors (Lipinski definition) is 1. The zero-order valence-electron chi connectivity index (χ0n) is 15.1. The number of nitrogens with one attached hydrogen (secondary N) is 1. The van der Waals surface area contributed by atoms with E-state index in [-0.39, 0.29) is 11.9 Å². The molecule has 1 atom stereocenters. The van der Waals surface area contributed by atoms with Crippen molar-refractivity contribution < 1.29 is 4.79 Å². The minimum Gasteiger partial charge on any atom is -0.342 e. The number of aryl methyl sites for hydroxylation is 2. The van der Waals surface area contributed by atoms with Gasteiger partial charge in [0.15, 0.2) is 0 Å². The zero-order valence-corrected chi connectivity index (χ0v) is 15.1. The molecular weight excluding hydrogens is 310 g/mol. The molecule has 3 rings (SSSR count). The molecule has 0 saturated heterocycles. The highest BCUT2D eigenvalue weighted by Crippen LogP contribution is 2.22. The van der Waals surface area contributed by atoms with Crippen molar-refractivity contribution in [1.82, 2.24) is 14.9 Å². The Morgan fingerprint density at radius 1 is 1.20 bits per heavy atom. The van der Waals surface area contributed by atoms with E-state index in [2.05, 4.69) is 22.9 Å². The van der Waals surface area contributed by atoms with Gasteiger partial charge in [0.1, 0.15) is 5.82 Å². The van der Waals surface area contributed by atoms with E-state index < -0.39 is 0 Å². The van der Waals surface area contributed by atoms with Gasteiger partial charge in [0, 0.05) is 12.1 Å². The third-order valence-electron chi connectivity index (χ3n) is 4.43. The summed E-state index contributed by atoms with van der Waals surface area (Å²) in [5.41, 5.74) is 3.87. The molecule has 1 amide bonds. The summed E-state index contributed by atoms with van der Waals surface area (Å²) in [5, 5.41) is 3.10. The van der Waals surface area contributed by atoms with Crippen molar-refractivity contribution >= 4 is 16.9 Å². The third kappa shape index (κ3) is 3.73. The van der Waals surface area contributed by atoms with Crippen LogP contribution in [0.5, 0.6) is 0 Å². The molecule has 3 aromatic rings. The fraction of sp³-hybridized carbons (Fsp3) is 0.333. The number of amides is 1. The van der Waals surface area contributed by atoms with Crippen LogP contribution in [0.1, 0.15) is 54.5 Å². The highest BCUT2D eigenvalue weighted by molar-refractivity contribution is 5.94. The van der Waals surface area contributed by atoms with E-state index in [1.807, 2.05) is 56.3 Å². The van der Waals surface area contributed by atoms with Gasteiger partial charge in [-0.3, -0.25) is 4.79 Å². The summed E-state index contributed by atoms with van der Waals surface area (Å²) < 4.78 is 2.24. The first-order valence-corrected chi connectivity index (χ1v) is 8.93. The van der Waals surface area contributed by atoms with Gasteiger partial charge in [-0.25, -0.2) is 4.98 Å². The molecule has 0 fully saturated rings. The molecule has 0 bridgehead atoms. The Kier molecular flexibility index (Phi) is 5.17. The minimum absolute atomic E-state index is 0.0645. The second kappa shape index (κ2) is 7.51. The second-order valence-corrected chi connectivity index (χ2v) is 6.53. The molecular formula is C21H25N3O. The molecule has 130 valence electrons. The summed E-state index contributed by atoms with van der Waals surface area (Å²) >= 11 is 0. The van der Waals surface area contributed by atoms with Gasteiger partial charge in [0.2, 0.25) is 0 Å². The van der Waals surface area contributed by atoms with Gasteiger partial charge in [-0.1, -0.05) is 43.2 Å². The van der Waals surface area contributed by atoms with E-state index in [1.54, 1.807) is 0 Å². The predicted octanol–water partition coefficient (Wildman–Crippen LogP) is 4.64. The largest absolute Gasteiger partial charge is 0.342 e. The molecule has 1 unspecified atom stereocenters. The summed E-state index contributed by atoms with van der Waals surface area (Å²) in [4.78, 5) is 17.4. The maximum Gasteiger partial charge on any atom is 0.251 e. The number of hydrogen-bond acceptors (Lipinski definition) is 2. The number of carbonyl (C=O) groups excluding carboxylic acids is 1. The minimum atomic E-state index is -0.155. The molecule has 0 spiro atoms. The van der Waals surface area contributed by atoms with Crippen LogP contribution >= 0.6 is 0 Å². The number of carbonyl (C=O) groups is 1. The van der Waals surface area contributed by atoms with Gasteiger partial charge in [0.25, 0.3) is 5.91 Å². The molecule has 4 nitrogen and oxygen atoms in total. The molecule has 1 heterocycles. The van der Waals surface area contributed by atoms with Crippen LogP contribution in [-0.2, 0) is 6.54 Å². The van der Waals surface area contributed by atoms with E-state index in [0.717, 1.165) is 41.8 Å². The Labute approximate surface area is 148 Å². The first-order chi connectivity index (χ1) is 12.1. The third-order valence-corrected chi connectivity index (χ3v) is 4.43. The number of aromatic nitrogens is 2. The van der Waals surface area contributed by atoms with Gasteiger partial charge >= 0.3 is 0 Å². The Morgan fingerprint density at radius 3 is 2.76 bits per heavy atom. The number of rotatable bonds is 6. The second-order valence-electron chi connectivity index (χ2n) is 6.53. The predicted molar refractivity (Wildman–Crippen MR) is 102 cm³/mol. The highest BCUT2D eigenvalue weighted by Gasteiger charge is 2.18. The summed E-state index contributed by atoms with van der Waals surface area (Å²) in [5.74, 6) is 0.848. The van der Waals surface area contributed by atoms with Crippen molar-refractivity contribution in [2.45, 2.75) is 46.2 Å². The molecule has 0 aliphatic carbocycles. The average molecular weight is 335 g/mol. The van der Waals surface area contributed by atoms with Crippen molar-refractivity contribution in [1.29, 1.82) is 0 Å². The van der Waals surface area contributed by atoms with Gasteiger partial charge in [-0.05, 0) is 44.5 Å². The number of para-hydroxylation sites is 2. The first kappa shape index (κ1) is 17.2. The maximum absolute atomic E-state index is 12.6. The lowest BCUT2D eigenvalue weighted by molar-refractivity contribution is 0.0937. The standard InChI is InChI=1S/C21H25N3O/c1-4-5-13-24-19-12-7-6-11-18(19)23-20(24)16(3)22-21(25)17-10-8-9-15(2)14-17/h6-12,14,16H,4-5,13H2,1-3H3,(H,22,25). The molecule has 0 saturated carbocycles. The van der Waals surface area contributed by atoms with E-state index in [0.29, 0.717) is 5.56 Å². The van der Waals surface area contributed by atoms with Crippen LogP contribution in [0, 0.1) is 6.92 Å². The van der Waals surface area contributed by atoms with Crippen molar-refractivity contribution in [3.63, 3.8) is 0 Å². The van der Waals surface area contributed by atoms with Gasteiger partial charge < -0.3 is 9.88 Å². The molecule has 2 aromatic carbocycles. The summed E-state index contributed by atoms with van der Waals surface area (Å²) in [6.45, 7) is 7.08. The van der Waals surface area contributed by atoms with E-state index >= 15 is 0 Å². The number of fused-ring (bicyclic) bond motifs is 1. The Bertz CT molecular complexity index is 882. The number of unbranched alkanes of at least 4 members (excludes halogenated alkanes) is 1. The van der Waals surface area contributed by atoms with Gasteiger partial charge in [-0.2, -0.15) is 0 Å². The zero-order chi connectivity index (χ0) is 17.8. The molecule has 25 heavy (non-hydrogen) atoms. The van der Waals surface area contributed by atoms with Crippen LogP contribution in [0.4, 0.5) is 0 Å². The van der Waals surface area contributed by atoms with Crippen LogP contribution in [0.2, 0.25) is 0 Å². The topological polar surface area (TPSA) is 46.9 Å². The normalized spacial score (nSPS) is 12.3. The fourth-order valence-electron chi connectivity index (χ4n) is 3.11. The molecule has 4 heteroatoms. The quantitative estimate of drug-likeness (QED) is 0.713. The number of benzene rings is 2. The number of imidazole rings is 1. The maximum atomic E-state index is 12.6. The van der Waals surface area contributed by atoms with E-state index in [4.69, 9.17) is 4.98 Å². The van der Waals surface area contributed by atoms with Gasteiger partial charge in [0.05, 0.1) is 17.1 Å². The Hall–Kier alpha value is -2.62. The van der Waals surface area contributed by atoms with Crippen LogP contribution in [-0.4, -0.2) is 15.5 Å². The lowest BCUT2D eigenvalue weighted by atomic mass is 10.1. The van der Waals surface area contributed by atoms with Crippen LogP contribution < -0.4 is 5.32 Å². The molecule has 1 N–H and O–H groups in total. The Balaban J connectivity index is 1.88. The molecule has 0 aliphatic heterocycles. The van der Waals surface area contributed by atoms with Crippen molar-refractivity contribution in [3.05, 3.63) is 65.5 Å². The SMILES string of the molecule is CCCCn1c(C(C)NC(=O)c2cccc(C)c2)nc2ccccc21. The smallest absolute Gasteiger partial charge is 0.251 e.